The highest BCUT2D eigenvalue weighted by Crippen LogP contribution is 2.41. The number of aromatic nitrogens is 2. The first-order valence-corrected chi connectivity index (χ1v) is 13.3. The second kappa shape index (κ2) is 8.18. The van der Waals surface area contributed by atoms with Crippen LogP contribution in [-0.4, -0.2) is 9.38 Å². The van der Waals surface area contributed by atoms with Crippen LogP contribution in [0.25, 0.3) is 60.1 Å². The quantitative estimate of drug-likeness (QED) is 0.182. The van der Waals surface area contributed by atoms with E-state index in [-0.39, 0.29) is 0 Å². The number of hydrogen-bond donors (Lipinski definition) is 0. The molecule has 0 bridgehead atoms. The first-order valence-electron chi connectivity index (χ1n) is 13.3. The van der Waals surface area contributed by atoms with Gasteiger partial charge in [0.2, 0.25) is 0 Å². The van der Waals surface area contributed by atoms with Gasteiger partial charge in [0.1, 0.15) is 5.65 Å². The van der Waals surface area contributed by atoms with Gasteiger partial charge in [-0.25, -0.2) is 4.98 Å². The van der Waals surface area contributed by atoms with E-state index in [1.165, 1.54) is 65.6 Å². The molecule has 2 heteroatoms. The smallest absolute Gasteiger partial charge is 0.145 e. The summed E-state index contributed by atoms with van der Waals surface area (Å²) in [6.07, 6.45) is 2.10. The van der Waals surface area contributed by atoms with Gasteiger partial charge in [-0.2, -0.15) is 0 Å². The molecule has 5 aromatic carbocycles. The van der Waals surface area contributed by atoms with Gasteiger partial charge in [0.15, 0.2) is 0 Å². The molecule has 0 atom stereocenters. The second-order valence-electron chi connectivity index (χ2n) is 10.8. The summed E-state index contributed by atoms with van der Waals surface area (Å²) in [5.74, 6) is 0.825. The lowest BCUT2D eigenvalue weighted by molar-refractivity contribution is 0.836. The predicted octanol–water partition coefficient (Wildman–Crippen LogP) is 9.86. The van der Waals surface area contributed by atoms with Crippen molar-refractivity contribution in [2.24, 2.45) is 0 Å². The normalized spacial score (nSPS) is 12.3. The molecular formula is C35H30N2. The van der Waals surface area contributed by atoms with Crippen molar-refractivity contribution in [3.63, 3.8) is 0 Å². The molecule has 0 amide bonds. The van der Waals surface area contributed by atoms with E-state index < -0.39 is 0 Å². The summed E-state index contributed by atoms with van der Waals surface area (Å²) in [7, 11) is 0. The van der Waals surface area contributed by atoms with Crippen molar-refractivity contribution in [3.05, 3.63) is 108 Å². The van der Waals surface area contributed by atoms with Gasteiger partial charge in [0.25, 0.3) is 0 Å². The first kappa shape index (κ1) is 22.1. The summed E-state index contributed by atoms with van der Waals surface area (Å²) >= 11 is 0. The Morgan fingerprint density at radius 3 is 1.95 bits per heavy atom. The van der Waals surface area contributed by atoms with Crippen molar-refractivity contribution in [2.75, 3.05) is 0 Å². The number of fused-ring (bicyclic) bond motifs is 9. The number of rotatable bonds is 3. The summed E-state index contributed by atoms with van der Waals surface area (Å²) in [4.78, 5) is 5.08. The zero-order chi connectivity index (χ0) is 25.3. The molecule has 0 aliphatic carbocycles. The highest BCUT2D eigenvalue weighted by Gasteiger charge is 2.21. The molecule has 0 saturated carbocycles. The third-order valence-electron chi connectivity index (χ3n) is 7.95. The molecule has 0 spiro atoms. The maximum absolute atomic E-state index is 5.08. The van der Waals surface area contributed by atoms with Crippen LogP contribution in [-0.2, 0) is 0 Å². The molecule has 0 aliphatic heterocycles. The SMILES string of the molecule is CC(C)c1cccc(C(C)C)c1-c1cnc2c3ccccc3c3cc4ccc5ccccc5c4cc3n12. The van der Waals surface area contributed by atoms with E-state index >= 15 is 0 Å². The molecule has 180 valence electrons. The number of nitrogens with zero attached hydrogens (tertiary/aromatic N) is 2. The van der Waals surface area contributed by atoms with Crippen LogP contribution in [0.4, 0.5) is 0 Å². The number of pyridine rings is 1. The fourth-order valence-electron chi connectivity index (χ4n) is 6.17. The summed E-state index contributed by atoms with van der Waals surface area (Å²) < 4.78 is 2.42. The van der Waals surface area contributed by atoms with Gasteiger partial charge in [-0.1, -0.05) is 107 Å². The summed E-state index contributed by atoms with van der Waals surface area (Å²) in [5, 5.41) is 8.80. The molecule has 0 unspecified atom stereocenters. The predicted molar refractivity (Wildman–Crippen MR) is 159 cm³/mol. The fourth-order valence-corrected chi connectivity index (χ4v) is 6.17. The number of benzene rings is 5. The number of hydrogen-bond acceptors (Lipinski definition) is 1. The average Bonchev–Trinajstić information content (AvgIpc) is 3.37. The molecule has 2 aromatic heterocycles. The zero-order valence-corrected chi connectivity index (χ0v) is 21.8. The van der Waals surface area contributed by atoms with E-state index in [0.717, 1.165) is 5.65 Å². The van der Waals surface area contributed by atoms with Gasteiger partial charge in [-0.3, -0.25) is 4.40 Å². The minimum Gasteiger partial charge on any atom is -0.292 e. The van der Waals surface area contributed by atoms with E-state index in [9.17, 15) is 0 Å². The Balaban J connectivity index is 1.72. The van der Waals surface area contributed by atoms with Crippen LogP contribution >= 0.6 is 0 Å². The Morgan fingerprint density at radius 2 is 1.22 bits per heavy atom. The molecule has 0 fully saturated rings. The Bertz CT molecular complexity index is 1960. The fraction of sp³-hybridized carbons (Fsp3) is 0.171. The molecular weight excluding hydrogens is 448 g/mol. The molecule has 0 saturated heterocycles. The Labute approximate surface area is 217 Å². The number of imidazole rings is 1. The lowest BCUT2D eigenvalue weighted by Crippen LogP contribution is -2.02. The van der Waals surface area contributed by atoms with Crippen LogP contribution in [0.2, 0.25) is 0 Å². The van der Waals surface area contributed by atoms with Crippen LogP contribution in [0, 0.1) is 0 Å². The monoisotopic (exact) mass is 478 g/mol. The highest BCUT2D eigenvalue weighted by molar-refractivity contribution is 6.19. The Hall–Kier alpha value is -4.17. The van der Waals surface area contributed by atoms with Crippen molar-refractivity contribution in [3.8, 4) is 11.3 Å². The lowest BCUT2D eigenvalue weighted by atomic mass is 9.87. The molecule has 7 rings (SSSR count). The molecule has 7 aromatic rings. The lowest BCUT2D eigenvalue weighted by Gasteiger charge is -2.20. The molecule has 0 N–H and O–H groups in total. The van der Waals surface area contributed by atoms with Crippen LogP contribution in [0.3, 0.4) is 0 Å². The summed E-state index contributed by atoms with van der Waals surface area (Å²) in [6.45, 7) is 9.16. The van der Waals surface area contributed by atoms with Crippen molar-refractivity contribution in [1.82, 2.24) is 9.38 Å². The summed E-state index contributed by atoms with van der Waals surface area (Å²) in [6, 6.07) is 33.5. The van der Waals surface area contributed by atoms with Crippen molar-refractivity contribution in [1.29, 1.82) is 0 Å². The Kier molecular flexibility index (Phi) is 4.87. The highest BCUT2D eigenvalue weighted by atomic mass is 15.0. The van der Waals surface area contributed by atoms with E-state index in [2.05, 4.69) is 129 Å². The van der Waals surface area contributed by atoms with E-state index in [1.54, 1.807) is 0 Å². The average molecular weight is 479 g/mol. The van der Waals surface area contributed by atoms with Gasteiger partial charge in [-0.05, 0) is 62.0 Å². The minimum atomic E-state index is 0.413. The minimum absolute atomic E-state index is 0.413. The van der Waals surface area contributed by atoms with Crippen LogP contribution < -0.4 is 0 Å². The zero-order valence-electron chi connectivity index (χ0n) is 21.8. The van der Waals surface area contributed by atoms with Gasteiger partial charge in [-0.15, -0.1) is 0 Å². The standard InChI is InChI=1S/C35H30N2/c1-21(2)25-14-9-15-26(22(3)4)34(25)33-20-36-35-29-13-8-7-12-28(29)31-18-24-17-16-23-10-5-6-11-27(23)30(24)19-32(31)37(33)35/h5-22H,1-4H3. The van der Waals surface area contributed by atoms with Crippen LogP contribution in [0.5, 0.6) is 0 Å². The maximum Gasteiger partial charge on any atom is 0.145 e. The second-order valence-corrected chi connectivity index (χ2v) is 10.8. The van der Waals surface area contributed by atoms with E-state index in [0.29, 0.717) is 11.8 Å². The van der Waals surface area contributed by atoms with Gasteiger partial charge in [0.05, 0.1) is 17.4 Å². The molecule has 0 radical (unpaired) electrons. The third kappa shape index (κ3) is 3.22. The van der Waals surface area contributed by atoms with Crippen molar-refractivity contribution >= 4 is 48.9 Å². The van der Waals surface area contributed by atoms with Crippen molar-refractivity contribution in [2.45, 2.75) is 39.5 Å². The molecule has 0 aliphatic rings. The van der Waals surface area contributed by atoms with Crippen molar-refractivity contribution < 1.29 is 0 Å². The van der Waals surface area contributed by atoms with E-state index in [1.807, 2.05) is 0 Å². The van der Waals surface area contributed by atoms with Gasteiger partial charge >= 0.3 is 0 Å². The third-order valence-corrected chi connectivity index (χ3v) is 7.95. The van der Waals surface area contributed by atoms with Gasteiger partial charge in [0, 0.05) is 16.3 Å². The molecule has 2 heterocycles. The summed E-state index contributed by atoms with van der Waals surface area (Å²) in [5.41, 5.74) is 7.48. The van der Waals surface area contributed by atoms with Crippen LogP contribution in [0.15, 0.2) is 97.2 Å². The van der Waals surface area contributed by atoms with Gasteiger partial charge < -0.3 is 0 Å². The largest absolute Gasteiger partial charge is 0.292 e. The Morgan fingerprint density at radius 1 is 0.568 bits per heavy atom. The topological polar surface area (TPSA) is 17.3 Å². The maximum atomic E-state index is 5.08. The molecule has 37 heavy (non-hydrogen) atoms. The van der Waals surface area contributed by atoms with E-state index in [4.69, 9.17) is 4.98 Å². The molecule has 2 nitrogen and oxygen atoms in total. The van der Waals surface area contributed by atoms with Crippen LogP contribution in [0.1, 0.15) is 50.7 Å². The first-order chi connectivity index (χ1) is 18.0.